The number of methoxy groups -OCH3 is 2. The number of hydrogen-bond acceptors (Lipinski definition) is 6. The van der Waals surface area contributed by atoms with Gasteiger partial charge in [0.2, 0.25) is 0 Å². The molecule has 2 aromatic rings. The van der Waals surface area contributed by atoms with Gasteiger partial charge in [0.1, 0.15) is 11.5 Å². The molecule has 2 bridgehead atoms. The molecule has 0 radical (unpaired) electrons. The Balaban J connectivity index is 1.40. The average molecular weight is 437 g/mol. The van der Waals surface area contributed by atoms with Gasteiger partial charge in [-0.15, -0.1) is 0 Å². The minimum atomic E-state index is -0.496. The van der Waals surface area contributed by atoms with Crippen molar-refractivity contribution in [3.8, 4) is 11.5 Å². The van der Waals surface area contributed by atoms with Gasteiger partial charge in [-0.1, -0.05) is 30.3 Å². The summed E-state index contributed by atoms with van der Waals surface area (Å²) in [6, 6.07) is 14.1. The Morgan fingerprint density at radius 3 is 2.34 bits per heavy atom. The number of carbonyl (C=O) groups excluding carboxylic acids is 3. The normalized spacial score (nSPS) is 23.4. The van der Waals surface area contributed by atoms with Crippen molar-refractivity contribution in [2.45, 2.75) is 19.3 Å². The molecule has 7 nitrogen and oxygen atoms in total. The van der Waals surface area contributed by atoms with Crippen LogP contribution < -0.4 is 14.8 Å². The number of esters is 1. The van der Waals surface area contributed by atoms with Crippen molar-refractivity contribution in [3.05, 3.63) is 54.1 Å². The fourth-order valence-electron chi connectivity index (χ4n) is 5.12. The Morgan fingerprint density at radius 1 is 0.938 bits per heavy atom. The Morgan fingerprint density at radius 2 is 1.66 bits per heavy atom. The number of ether oxygens (including phenoxy) is 3. The number of amides is 1. The standard InChI is InChI=1S/C25H27NO6/c1-30-18-10-11-19(20(13-18)31-2)26-21(27)14-32-25(29)23-17-9-8-16(12-17)22(23)24(28)15-6-4-3-5-7-15/h3-7,10-11,13,16-17,22-23H,8-9,12,14H2,1-2H3,(H,26,27)/t16-,17-,22-,23-/m0/s1. The molecule has 0 spiro atoms. The quantitative estimate of drug-likeness (QED) is 0.500. The summed E-state index contributed by atoms with van der Waals surface area (Å²) in [4.78, 5) is 38.5. The SMILES string of the molecule is COc1ccc(NC(=O)COC(=O)[C@H]2[C@H]3CC[C@@H](C3)[C@@H]2C(=O)c2ccccc2)c(OC)c1. The largest absolute Gasteiger partial charge is 0.497 e. The second-order valence-corrected chi connectivity index (χ2v) is 8.34. The number of anilines is 1. The molecule has 2 aliphatic rings. The van der Waals surface area contributed by atoms with Gasteiger partial charge in [0.15, 0.2) is 12.4 Å². The van der Waals surface area contributed by atoms with Crippen molar-refractivity contribution in [3.63, 3.8) is 0 Å². The van der Waals surface area contributed by atoms with Gasteiger partial charge < -0.3 is 19.5 Å². The maximum atomic E-state index is 13.1. The van der Waals surface area contributed by atoms with Crippen LogP contribution in [0.1, 0.15) is 29.6 Å². The molecule has 4 rings (SSSR count). The van der Waals surface area contributed by atoms with Crippen LogP contribution in [0.15, 0.2) is 48.5 Å². The van der Waals surface area contributed by atoms with Crippen molar-refractivity contribution in [1.82, 2.24) is 0 Å². The summed E-state index contributed by atoms with van der Waals surface area (Å²) in [6.07, 6.45) is 2.73. The van der Waals surface area contributed by atoms with Crippen LogP contribution in [0.25, 0.3) is 0 Å². The molecule has 2 fully saturated rings. The maximum Gasteiger partial charge on any atom is 0.310 e. The van der Waals surface area contributed by atoms with E-state index in [0.29, 0.717) is 22.7 Å². The summed E-state index contributed by atoms with van der Waals surface area (Å²) in [6.45, 7) is -0.422. The number of carbonyl (C=O) groups is 3. The molecular weight excluding hydrogens is 410 g/mol. The van der Waals surface area contributed by atoms with E-state index < -0.39 is 24.4 Å². The first-order chi connectivity index (χ1) is 15.5. The monoisotopic (exact) mass is 437 g/mol. The van der Waals surface area contributed by atoms with Crippen molar-refractivity contribution in [2.24, 2.45) is 23.7 Å². The molecule has 0 unspecified atom stereocenters. The van der Waals surface area contributed by atoms with Crippen LogP contribution in [0.4, 0.5) is 5.69 Å². The fourth-order valence-corrected chi connectivity index (χ4v) is 5.12. The minimum Gasteiger partial charge on any atom is -0.497 e. The third-order valence-corrected chi connectivity index (χ3v) is 6.58. The minimum absolute atomic E-state index is 0.00725. The highest BCUT2D eigenvalue weighted by molar-refractivity contribution is 6.01. The summed E-state index contributed by atoms with van der Waals surface area (Å²) in [7, 11) is 3.03. The second kappa shape index (κ2) is 9.42. The van der Waals surface area contributed by atoms with Crippen LogP contribution in [0, 0.1) is 23.7 Å². The third-order valence-electron chi connectivity index (χ3n) is 6.58. The molecular formula is C25H27NO6. The zero-order valence-corrected chi connectivity index (χ0v) is 18.2. The number of nitrogens with one attached hydrogen (secondary N) is 1. The van der Waals surface area contributed by atoms with Crippen LogP contribution in [0.2, 0.25) is 0 Å². The summed E-state index contributed by atoms with van der Waals surface area (Å²) >= 11 is 0. The van der Waals surface area contributed by atoms with Gasteiger partial charge in [-0.05, 0) is 43.2 Å². The number of hydrogen-bond donors (Lipinski definition) is 1. The molecule has 2 saturated carbocycles. The van der Waals surface area contributed by atoms with Crippen molar-refractivity contribution < 1.29 is 28.6 Å². The molecule has 1 amide bonds. The molecule has 0 aliphatic heterocycles. The van der Waals surface area contributed by atoms with Gasteiger partial charge in [-0.3, -0.25) is 14.4 Å². The van der Waals surface area contributed by atoms with Gasteiger partial charge in [-0.25, -0.2) is 0 Å². The van der Waals surface area contributed by atoms with Crippen LogP contribution in [-0.4, -0.2) is 38.5 Å². The lowest BCUT2D eigenvalue weighted by atomic mass is 9.75. The molecule has 7 heteroatoms. The lowest BCUT2D eigenvalue weighted by Gasteiger charge is -2.28. The van der Waals surface area contributed by atoms with Crippen LogP contribution >= 0.6 is 0 Å². The topological polar surface area (TPSA) is 90.9 Å². The second-order valence-electron chi connectivity index (χ2n) is 8.34. The number of ketones is 1. The van der Waals surface area contributed by atoms with Crippen LogP contribution in [-0.2, 0) is 14.3 Å². The molecule has 168 valence electrons. The van der Waals surface area contributed by atoms with E-state index >= 15 is 0 Å². The summed E-state index contributed by atoms with van der Waals surface area (Å²) < 4.78 is 15.8. The van der Waals surface area contributed by atoms with E-state index in [-0.39, 0.29) is 23.5 Å². The van der Waals surface area contributed by atoms with E-state index in [1.54, 1.807) is 30.3 Å². The highest BCUT2D eigenvalue weighted by Gasteiger charge is 2.54. The summed E-state index contributed by atoms with van der Waals surface area (Å²) in [5.41, 5.74) is 1.07. The summed E-state index contributed by atoms with van der Waals surface area (Å²) in [5, 5.41) is 2.69. The number of rotatable bonds is 8. The van der Waals surface area contributed by atoms with E-state index in [1.807, 2.05) is 18.2 Å². The number of benzene rings is 2. The Bertz CT molecular complexity index is 1000. The van der Waals surface area contributed by atoms with Gasteiger partial charge in [0, 0.05) is 17.5 Å². The number of fused-ring (bicyclic) bond motifs is 2. The van der Waals surface area contributed by atoms with Crippen LogP contribution in [0.3, 0.4) is 0 Å². The lowest BCUT2D eigenvalue weighted by Crippen LogP contribution is -2.37. The van der Waals surface area contributed by atoms with Crippen molar-refractivity contribution in [2.75, 3.05) is 26.1 Å². The predicted octanol–water partition coefficient (Wildman–Crippen LogP) is 3.73. The molecule has 2 aliphatic carbocycles. The van der Waals surface area contributed by atoms with Crippen molar-refractivity contribution >= 4 is 23.3 Å². The van der Waals surface area contributed by atoms with E-state index in [9.17, 15) is 14.4 Å². The summed E-state index contributed by atoms with van der Waals surface area (Å²) in [5.74, 6) is -0.468. The first kappa shape index (κ1) is 21.9. The molecule has 0 aromatic heterocycles. The van der Waals surface area contributed by atoms with Crippen molar-refractivity contribution in [1.29, 1.82) is 0 Å². The Labute approximate surface area is 187 Å². The predicted molar refractivity (Wildman–Crippen MR) is 118 cm³/mol. The smallest absolute Gasteiger partial charge is 0.310 e. The van der Waals surface area contributed by atoms with Gasteiger partial charge in [-0.2, -0.15) is 0 Å². The fraction of sp³-hybridized carbons (Fsp3) is 0.400. The van der Waals surface area contributed by atoms with Gasteiger partial charge >= 0.3 is 5.97 Å². The molecule has 0 heterocycles. The molecule has 1 N–H and O–H groups in total. The van der Waals surface area contributed by atoms with Crippen LogP contribution in [0.5, 0.6) is 11.5 Å². The molecule has 2 aromatic carbocycles. The molecule has 0 saturated heterocycles. The average Bonchev–Trinajstić information content (AvgIpc) is 3.45. The third kappa shape index (κ3) is 4.33. The first-order valence-electron chi connectivity index (χ1n) is 10.8. The van der Waals surface area contributed by atoms with Gasteiger partial charge in [0.25, 0.3) is 5.91 Å². The van der Waals surface area contributed by atoms with E-state index in [4.69, 9.17) is 14.2 Å². The van der Waals surface area contributed by atoms with E-state index in [2.05, 4.69) is 5.32 Å². The lowest BCUT2D eigenvalue weighted by molar-refractivity contribution is -0.154. The Hall–Kier alpha value is -3.35. The molecule has 32 heavy (non-hydrogen) atoms. The van der Waals surface area contributed by atoms with E-state index in [0.717, 1.165) is 19.3 Å². The Kier molecular flexibility index (Phi) is 6.44. The van der Waals surface area contributed by atoms with Gasteiger partial charge in [0.05, 0.1) is 25.8 Å². The molecule has 4 atom stereocenters. The first-order valence-corrected chi connectivity index (χ1v) is 10.8. The highest BCUT2D eigenvalue weighted by atomic mass is 16.5. The zero-order valence-electron chi connectivity index (χ0n) is 18.2. The van der Waals surface area contributed by atoms with E-state index in [1.165, 1.54) is 14.2 Å². The highest BCUT2D eigenvalue weighted by Crippen LogP contribution is 2.53. The zero-order chi connectivity index (χ0) is 22.7. The number of Topliss-reactive ketones (excluding diaryl/α,β-unsaturated/α-hetero) is 1. The maximum absolute atomic E-state index is 13.1.